The van der Waals surface area contributed by atoms with Gasteiger partial charge in [0, 0.05) is 36.6 Å². The van der Waals surface area contributed by atoms with E-state index in [1.807, 2.05) is 0 Å². The largest absolute Gasteiger partial charge is 0.377 e. The fourth-order valence-corrected chi connectivity index (χ4v) is 2.01. The predicted octanol–water partition coefficient (Wildman–Crippen LogP) is 0.674. The van der Waals surface area contributed by atoms with Crippen LogP contribution in [0.1, 0.15) is 6.42 Å². The maximum absolute atomic E-state index is 8.34. The lowest BCUT2D eigenvalue weighted by Crippen LogP contribution is -2.37. The molecule has 12 heavy (non-hydrogen) atoms. The van der Waals surface area contributed by atoms with Crippen LogP contribution in [-0.4, -0.2) is 31.8 Å². The number of nitrogens with zero attached hydrogens (tertiary/aromatic N) is 3. The van der Waals surface area contributed by atoms with E-state index < -0.39 is 0 Å². The molecule has 2 fully saturated rings. The summed E-state index contributed by atoms with van der Waals surface area (Å²) in [4.78, 5) is 2.86. The first-order valence-electron chi connectivity index (χ1n) is 4.28. The molecule has 5 heteroatoms. The number of azide groups is 1. The molecule has 2 saturated heterocycles. The highest BCUT2D eigenvalue weighted by molar-refractivity contribution is 4.93. The van der Waals surface area contributed by atoms with Crippen molar-refractivity contribution >= 4 is 0 Å². The van der Waals surface area contributed by atoms with Crippen LogP contribution in [0.15, 0.2) is 5.11 Å². The summed E-state index contributed by atoms with van der Waals surface area (Å²) in [6, 6.07) is 0.142. The molecular weight excluding hydrogens is 156 g/mol. The van der Waals surface area contributed by atoms with Gasteiger partial charge in [0.25, 0.3) is 0 Å². The van der Waals surface area contributed by atoms with Crippen molar-refractivity contribution in [2.24, 2.45) is 11.0 Å². The van der Waals surface area contributed by atoms with Gasteiger partial charge in [-0.15, -0.1) is 0 Å². The molecule has 1 unspecified atom stereocenters. The fourth-order valence-electron chi connectivity index (χ4n) is 2.01. The highest BCUT2D eigenvalue weighted by Crippen LogP contribution is 2.26. The van der Waals surface area contributed by atoms with Gasteiger partial charge in [-0.2, -0.15) is 0 Å². The maximum Gasteiger partial charge on any atom is 0.0743 e. The molecule has 2 rings (SSSR count). The molecule has 0 amide bonds. The Morgan fingerprint density at radius 3 is 3.25 bits per heavy atom. The lowest BCUT2D eigenvalue weighted by molar-refractivity contribution is -0.00917. The van der Waals surface area contributed by atoms with Crippen molar-refractivity contribution < 1.29 is 4.74 Å². The summed E-state index contributed by atoms with van der Waals surface area (Å²) in [6.07, 6.45) is 1.14. The number of hydrogen-bond acceptors (Lipinski definition) is 3. The van der Waals surface area contributed by atoms with Crippen LogP contribution in [-0.2, 0) is 4.74 Å². The summed E-state index contributed by atoms with van der Waals surface area (Å²) in [5, 5.41) is 7.03. The average molecular weight is 168 g/mol. The lowest BCUT2D eigenvalue weighted by atomic mass is 9.92. The Bertz CT molecular complexity index is 213. The molecule has 1 N–H and O–H groups in total. The van der Waals surface area contributed by atoms with Crippen LogP contribution >= 0.6 is 0 Å². The zero-order valence-corrected chi connectivity index (χ0v) is 6.81. The molecule has 2 heterocycles. The number of fused-ring (bicyclic) bond motifs is 1. The van der Waals surface area contributed by atoms with E-state index in [1.54, 1.807) is 0 Å². The van der Waals surface area contributed by atoms with E-state index in [1.165, 1.54) is 0 Å². The Morgan fingerprint density at radius 2 is 2.42 bits per heavy atom. The maximum atomic E-state index is 8.34. The number of hydrogen-bond donors (Lipinski definition) is 1. The normalized spacial score (nSPS) is 40.2. The van der Waals surface area contributed by atoms with Gasteiger partial charge in [-0.1, -0.05) is 5.11 Å². The molecule has 0 spiro atoms. The minimum Gasteiger partial charge on any atom is -0.377 e. The van der Waals surface area contributed by atoms with Crippen LogP contribution < -0.4 is 5.32 Å². The van der Waals surface area contributed by atoms with E-state index in [4.69, 9.17) is 10.3 Å². The Labute approximate surface area is 70.7 Å². The number of nitrogens with one attached hydrogen (secondary N) is 1. The quantitative estimate of drug-likeness (QED) is 0.355. The third kappa shape index (κ3) is 1.27. The number of ether oxygens (including phenoxy) is 1. The van der Waals surface area contributed by atoms with Gasteiger partial charge in [0.1, 0.15) is 0 Å². The molecule has 0 aromatic rings. The van der Waals surface area contributed by atoms with Gasteiger partial charge >= 0.3 is 0 Å². The smallest absolute Gasteiger partial charge is 0.0743 e. The van der Waals surface area contributed by atoms with Crippen molar-refractivity contribution in [3.8, 4) is 0 Å². The monoisotopic (exact) mass is 168 g/mol. The summed E-state index contributed by atoms with van der Waals surface area (Å²) in [5.74, 6) is 0.398. The third-order valence-corrected chi connectivity index (χ3v) is 2.64. The van der Waals surface area contributed by atoms with E-state index in [-0.39, 0.29) is 12.1 Å². The van der Waals surface area contributed by atoms with E-state index in [0.717, 1.165) is 26.1 Å². The van der Waals surface area contributed by atoms with Crippen LogP contribution in [0, 0.1) is 5.92 Å². The molecule has 2 aliphatic rings. The standard InChI is InChI=1S/C7H12N4O/c8-11-10-6-1-2-12-7-4-9-3-5(6)7/h5-7,9H,1-4H2/t5-,6?,7+/m1/s1. The van der Waals surface area contributed by atoms with Crippen LogP contribution in [0.2, 0.25) is 0 Å². The molecule has 66 valence electrons. The average Bonchev–Trinajstić information content (AvgIpc) is 2.53. The molecule has 0 bridgehead atoms. The van der Waals surface area contributed by atoms with Crippen molar-refractivity contribution in [3.05, 3.63) is 10.4 Å². The van der Waals surface area contributed by atoms with Gasteiger partial charge in [0.2, 0.25) is 0 Å². The van der Waals surface area contributed by atoms with Gasteiger partial charge < -0.3 is 10.1 Å². The lowest BCUT2D eigenvalue weighted by Gasteiger charge is -2.29. The predicted molar refractivity (Wildman–Crippen MR) is 43.7 cm³/mol. The zero-order valence-electron chi connectivity index (χ0n) is 6.81. The van der Waals surface area contributed by atoms with E-state index >= 15 is 0 Å². The molecule has 5 nitrogen and oxygen atoms in total. The molecule has 3 atom stereocenters. The summed E-state index contributed by atoms with van der Waals surface area (Å²) >= 11 is 0. The first-order valence-corrected chi connectivity index (χ1v) is 4.28. The van der Waals surface area contributed by atoms with E-state index in [2.05, 4.69) is 15.3 Å². The second-order valence-corrected chi connectivity index (χ2v) is 3.29. The SMILES string of the molecule is [N-]=[N+]=NC1CCO[C@H]2CNC[C@H]12. The van der Waals surface area contributed by atoms with Crippen LogP contribution in [0.3, 0.4) is 0 Å². The van der Waals surface area contributed by atoms with Gasteiger partial charge in [-0.3, -0.25) is 0 Å². The van der Waals surface area contributed by atoms with Crippen LogP contribution in [0.5, 0.6) is 0 Å². The van der Waals surface area contributed by atoms with Gasteiger partial charge in [0.05, 0.1) is 6.10 Å². The minimum absolute atomic E-state index is 0.142. The van der Waals surface area contributed by atoms with Crippen molar-refractivity contribution in [1.29, 1.82) is 0 Å². The molecular formula is C7H12N4O. The van der Waals surface area contributed by atoms with Gasteiger partial charge in [0.15, 0.2) is 0 Å². The van der Waals surface area contributed by atoms with Crippen molar-refractivity contribution in [2.45, 2.75) is 18.6 Å². The second kappa shape index (κ2) is 3.31. The van der Waals surface area contributed by atoms with Gasteiger partial charge in [-0.25, -0.2) is 0 Å². The second-order valence-electron chi connectivity index (χ2n) is 3.29. The third-order valence-electron chi connectivity index (χ3n) is 2.64. The Balaban J connectivity index is 2.08. The Hall–Kier alpha value is -0.770. The Morgan fingerprint density at radius 1 is 1.50 bits per heavy atom. The summed E-state index contributed by atoms with van der Waals surface area (Å²) in [6.45, 7) is 2.56. The minimum atomic E-state index is 0.142. The molecule has 0 radical (unpaired) electrons. The van der Waals surface area contributed by atoms with Crippen molar-refractivity contribution in [1.82, 2.24) is 5.32 Å². The molecule has 0 aromatic heterocycles. The van der Waals surface area contributed by atoms with E-state index in [0.29, 0.717) is 5.92 Å². The van der Waals surface area contributed by atoms with Gasteiger partial charge in [-0.05, 0) is 12.0 Å². The first kappa shape index (κ1) is 7.86. The van der Waals surface area contributed by atoms with Crippen molar-refractivity contribution in [2.75, 3.05) is 19.7 Å². The highest BCUT2D eigenvalue weighted by atomic mass is 16.5. The molecule has 0 saturated carbocycles. The van der Waals surface area contributed by atoms with Crippen LogP contribution in [0.4, 0.5) is 0 Å². The molecule has 2 aliphatic heterocycles. The number of rotatable bonds is 1. The highest BCUT2D eigenvalue weighted by Gasteiger charge is 2.36. The topological polar surface area (TPSA) is 70.0 Å². The Kier molecular flexibility index (Phi) is 2.17. The first-order chi connectivity index (χ1) is 5.92. The fraction of sp³-hybridized carbons (Fsp3) is 1.00. The zero-order chi connectivity index (χ0) is 8.39. The molecule has 0 aliphatic carbocycles. The summed E-state index contributed by atoms with van der Waals surface area (Å²) in [5.41, 5.74) is 8.34. The van der Waals surface area contributed by atoms with Crippen LogP contribution in [0.25, 0.3) is 10.4 Å². The summed E-state index contributed by atoms with van der Waals surface area (Å²) < 4.78 is 5.53. The van der Waals surface area contributed by atoms with E-state index in [9.17, 15) is 0 Å². The molecule has 0 aromatic carbocycles. The van der Waals surface area contributed by atoms with Crippen molar-refractivity contribution in [3.63, 3.8) is 0 Å². The summed E-state index contributed by atoms with van der Waals surface area (Å²) in [7, 11) is 0.